The standard InChI is InChI=1S/C15H22BrNO2/c1-2-7-19-15-6-5-13(16)9-12(15)10-17-11-14-4-3-8-18-14/h5-6,9,14,17H,2-4,7-8,10-11H2,1H3. The zero-order chi connectivity index (χ0) is 13.5. The molecular formula is C15H22BrNO2. The highest BCUT2D eigenvalue weighted by Gasteiger charge is 2.14. The summed E-state index contributed by atoms with van der Waals surface area (Å²) in [6.07, 6.45) is 3.77. The first-order chi connectivity index (χ1) is 9.29. The molecule has 1 fully saturated rings. The summed E-state index contributed by atoms with van der Waals surface area (Å²) in [5.41, 5.74) is 1.20. The van der Waals surface area contributed by atoms with E-state index in [9.17, 15) is 0 Å². The fourth-order valence-corrected chi connectivity index (χ4v) is 2.62. The summed E-state index contributed by atoms with van der Waals surface area (Å²) in [6.45, 7) is 5.53. The van der Waals surface area contributed by atoms with Crippen molar-refractivity contribution in [2.45, 2.75) is 38.8 Å². The fourth-order valence-electron chi connectivity index (χ4n) is 2.21. The summed E-state index contributed by atoms with van der Waals surface area (Å²) in [7, 11) is 0. The van der Waals surface area contributed by atoms with E-state index in [2.05, 4.69) is 34.2 Å². The Hall–Kier alpha value is -0.580. The largest absolute Gasteiger partial charge is 0.493 e. The molecule has 0 spiro atoms. The number of nitrogens with one attached hydrogen (secondary N) is 1. The number of ether oxygens (including phenoxy) is 2. The zero-order valence-electron chi connectivity index (χ0n) is 11.5. The lowest BCUT2D eigenvalue weighted by Crippen LogP contribution is -2.26. The van der Waals surface area contributed by atoms with Crippen molar-refractivity contribution >= 4 is 15.9 Å². The topological polar surface area (TPSA) is 30.5 Å². The highest BCUT2D eigenvalue weighted by atomic mass is 79.9. The van der Waals surface area contributed by atoms with Gasteiger partial charge >= 0.3 is 0 Å². The Kier molecular flexibility index (Phi) is 6.14. The van der Waals surface area contributed by atoms with E-state index in [-0.39, 0.29) is 0 Å². The smallest absolute Gasteiger partial charge is 0.123 e. The van der Waals surface area contributed by atoms with Gasteiger partial charge in [0.15, 0.2) is 0 Å². The first-order valence-electron chi connectivity index (χ1n) is 7.03. The van der Waals surface area contributed by atoms with E-state index in [0.717, 1.165) is 42.9 Å². The van der Waals surface area contributed by atoms with Gasteiger partial charge in [0.1, 0.15) is 5.75 Å². The van der Waals surface area contributed by atoms with Gasteiger partial charge in [-0.2, -0.15) is 0 Å². The number of halogens is 1. The summed E-state index contributed by atoms with van der Waals surface area (Å²) >= 11 is 3.51. The van der Waals surface area contributed by atoms with Crippen LogP contribution in [-0.4, -0.2) is 25.9 Å². The predicted molar refractivity (Wildman–Crippen MR) is 80.6 cm³/mol. The SMILES string of the molecule is CCCOc1ccc(Br)cc1CNCC1CCCO1. The summed E-state index contributed by atoms with van der Waals surface area (Å²) in [5, 5.41) is 3.46. The molecule has 0 radical (unpaired) electrons. The van der Waals surface area contributed by atoms with Crippen molar-refractivity contribution in [3.05, 3.63) is 28.2 Å². The van der Waals surface area contributed by atoms with Gasteiger partial charge in [0.2, 0.25) is 0 Å². The van der Waals surface area contributed by atoms with Crippen LogP contribution in [0.25, 0.3) is 0 Å². The molecule has 0 amide bonds. The third-order valence-electron chi connectivity index (χ3n) is 3.20. The molecule has 0 aliphatic carbocycles. The molecule has 1 aromatic carbocycles. The van der Waals surface area contributed by atoms with Gasteiger partial charge in [0.25, 0.3) is 0 Å². The molecule has 106 valence electrons. The predicted octanol–water partition coefficient (Wildman–Crippen LogP) is 3.51. The Balaban J connectivity index is 1.87. The molecule has 1 aliphatic rings. The number of rotatable bonds is 7. The van der Waals surface area contributed by atoms with E-state index >= 15 is 0 Å². The second kappa shape index (κ2) is 7.88. The van der Waals surface area contributed by atoms with Crippen LogP contribution < -0.4 is 10.1 Å². The monoisotopic (exact) mass is 327 g/mol. The Morgan fingerprint density at radius 1 is 1.47 bits per heavy atom. The molecule has 1 heterocycles. The molecule has 1 atom stereocenters. The number of hydrogen-bond donors (Lipinski definition) is 1. The molecule has 1 N–H and O–H groups in total. The van der Waals surface area contributed by atoms with E-state index in [1.54, 1.807) is 0 Å². The van der Waals surface area contributed by atoms with E-state index in [1.165, 1.54) is 18.4 Å². The molecule has 1 aliphatic heterocycles. The molecular weight excluding hydrogens is 306 g/mol. The number of hydrogen-bond acceptors (Lipinski definition) is 3. The number of benzene rings is 1. The Bertz CT molecular complexity index is 392. The van der Waals surface area contributed by atoms with Gasteiger partial charge in [-0.05, 0) is 37.5 Å². The molecule has 2 rings (SSSR count). The minimum Gasteiger partial charge on any atom is -0.493 e. The van der Waals surface area contributed by atoms with Gasteiger partial charge < -0.3 is 14.8 Å². The minimum atomic E-state index is 0.382. The second-order valence-corrected chi connectivity index (χ2v) is 5.78. The van der Waals surface area contributed by atoms with Gasteiger partial charge in [-0.15, -0.1) is 0 Å². The van der Waals surface area contributed by atoms with Gasteiger partial charge in [0.05, 0.1) is 12.7 Å². The summed E-state index contributed by atoms with van der Waals surface area (Å²) < 4.78 is 12.5. The Morgan fingerprint density at radius 3 is 3.11 bits per heavy atom. The van der Waals surface area contributed by atoms with E-state index in [4.69, 9.17) is 9.47 Å². The molecule has 1 saturated heterocycles. The lowest BCUT2D eigenvalue weighted by molar-refractivity contribution is 0.110. The lowest BCUT2D eigenvalue weighted by Gasteiger charge is -2.14. The van der Waals surface area contributed by atoms with Gasteiger partial charge in [-0.25, -0.2) is 0 Å². The second-order valence-electron chi connectivity index (χ2n) is 4.87. The average molecular weight is 328 g/mol. The maximum atomic E-state index is 5.77. The maximum absolute atomic E-state index is 5.77. The zero-order valence-corrected chi connectivity index (χ0v) is 13.0. The fraction of sp³-hybridized carbons (Fsp3) is 0.600. The maximum Gasteiger partial charge on any atom is 0.123 e. The van der Waals surface area contributed by atoms with Crippen LogP contribution in [0, 0.1) is 0 Å². The first kappa shape index (κ1) is 14.8. The van der Waals surface area contributed by atoms with Crippen LogP contribution in [0.4, 0.5) is 0 Å². The molecule has 1 aromatic rings. The van der Waals surface area contributed by atoms with Crippen LogP contribution in [0.1, 0.15) is 31.7 Å². The third kappa shape index (κ3) is 4.79. The lowest BCUT2D eigenvalue weighted by atomic mass is 10.2. The molecule has 4 heteroatoms. The Labute approximate surface area is 123 Å². The normalized spacial score (nSPS) is 18.7. The molecule has 3 nitrogen and oxygen atoms in total. The van der Waals surface area contributed by atoms with Crippen molar-refractivity contribution in [3.8, 4) is 5.75 Å². The molecule has 19 heavy (non-hydrogen) atoms. The van der Waals surface area contributed by atoms with Crippen molar-refractivity contribution in [3.63, 3.8) is 0 Å². The van der Waals surface area contributed by atoms with Crippen LogP contribution >= 0.6 is 15.9 Å². The van der Waals surface area contributed by atoms with Crippen LogP contribution in [0.5, 0.6) is 5.75 Å². The van der Waals surface area contributed by atoms with Crippen LogP contribution in [-0.2, 0) is 11.3 Å². The summed E-state index contributed by atoms with van der Waals surface area (Å²) in [6, 6.07) is 6.17. The molecule has 1 unspecified atom stereocenters. The van der Waals surface area contributed by atoms with Gasteiger partial charge in [-0.1, -0.05) is 22.9 Å². The van der Waals surface area contributed by atoms with E-state index in [0.29, 0.717) is 6.10 Å². The molecule has 0 saturated carbocycles. The molecule has 0 aromatic heterocycles. The summed E-state index contributed by atoms with van der Waals surface area (Å²) in [5.74, 6) is 0.977. The third-order valence-corrected chi connectivity index (χ3v) is 3.69. The van der Waals surface area contributed by atoms with Crippen molar-refractivity contribution in [1.82, 2.24) is 5.32 Å². The quantitative estimate of drug-likeness (QED) is 0.831. The Morgan fingerprint density at radius 2 is 2.37 bits per heavy atom. The van der Waals surface area contributed by atoms with Crippen LogP contribution in [0.3, 0.4) is 0 Å². The van der Waals surface area contributed by atoms with Gasteiger partial charge in [0, 0.05) is 29.7 Å². The minimum absolute atomic E-state index is 0.382. The van der Waals surface area contributed by atoms with Crippen molar-refractivity contribution < 1.29 is 9.47 Å². The van der Waals surface area contributed by atoms with Gasteiger partial charge in [-0.3, -0.25) is 0 Å². The van der Waals surface area contributed by atoms with Crippen molar-refractivity contribution in [1.29, 1.82) is 0 Å². The van der Waals surface area contributed by atoms with Crippen molar-refractivity contribution in [2.75, 3.05) is 19.8 Å². The van der Waals surface area contributed by atoms with Crippen molar-refractivity contribution in [2.24, 2.45) is 0 Å². The highest BCUT2D eigenvalue weighted by Crippen LogP contribution is 2.23. The average Bonchev–Trinajstić information content (AvgIpc) is 2.91. The molecule has 0 bridgehead atoms. The van der Waals surface area contributed by atoms with E-state index in [1.807, 2.05) is 12.1 Å². The first-order valence-corrected chi connectivity index (χ1v) is 7.82. The summed E-state index contributed by atoms with van der Waals surface area (Å²) in [4.78, 5) is 0. The van der Waals surface area contributed by atoms with E-state index < -0.39 is 0 Å². The van der Waals surface area contributed by atoms with Crippen LogP contribution in [0.15, 0.2) is 22.7 Å². The van der Waals surface area contributed by atoms with Crippen LogP contribution in [0.2, 0.25) is 0 Å². The highest BCUT2D eigenvalue weighted by molar-refractivity contribution is 9.10.